The number of carbonyl (C=O) groups excluding carboxylic acids is 1. The number of pyridine rings is 1. The van der Waals surface area contributed by atoms with E-state index >= 15 is 0 Å². The maximum absolute atomic E-state index is 13.2. The number of benzene rings is 2. The van der Waals surface area contributed by atoms with Crippen molar-refractivity contribution in [2.75, 3.05) is 5.32 Å². The van der Waals surface area contributed by atoms with E-state index in [0.29, 0.717) is 23.4 Å². The van der Waals surface area contributed by atoms with Crippen LogP contribution in [0.3, 0.4) is 0 Å². The number of nitrogens with one attached hydrogen (secondary N) is 1. The van der Waals surface area contributed by atoms with Gasteiger partial charge in [-0.3, -0.25) is 4.98 Å². The fourth-order valence-electron chi connectivity index (χ4n) is 3.88. The second-order valence-electron chi connectivity index (χ2n) is 7.47. The number of urea groups is 1. The zero-order chi connectivity index (χ0) is 22.2. The van der Waals surface area contributed by atoms with Gasteiger partial charge in [0.05, 0.1) is 11.3 Å². The molecule has 2 amide bonds. The van der Waals surface area contributed by atoms with Gasteiger partial charge in [0.25, 0.3) is 0 Å². The van der Waals surface area contributed by atoms with Crippen molar-refractivity contribution in [3.63, 3.8) is 0 Å². The van der Waals surface area contributed by atoms with Gasteiger partial charge in [-0.05, 0) is 66.9 Å². The van der Waals surface area contributed by atoms with Crippen molar-refractivity contribution < 1.29 is 22.4 Å². The molecular formula is C23H19F4N3O. The lowest BCUT2D eigenvalue weighted by Gasteiger charge is -2.41. The Morgan fingerprint density at radius 2 is 1.74 bits per heavy atom. The third kappa shape index (κ3) is 4.23. The lowest BCUT2D eigenvalue weighted by atomic mass is 9.88. The number of halogens is 4. The lowest BCUT2D eigenvalue weighted by molar-refractivity contribution is -0.137. The molecule has 0 saturated carbocycles. The molecule has 0 fully saturated rings. The van der Waals surface area contributed by atoms with Crippen LogP contribution < -0.4 is 5.32 Å². The van der Waals surface area contributed by atoms with Gasteiger partial charge in [0.1, 0.15) is 11.9 Å². The number of rotatable bonds is 2. The van der Waals surface area contributed by atoms with Crippen LogP contribution in [0.5, 0.6) is 0 Å². The van der Waals surface area contributed by atoms with E-state index in [1.807, 2.05) is 13.0 Å². The third-order valence-electron chi connectivity index (χ3n) is 5.34. The SMILES string of the molecule is CC1Cc2cccnc2C(c2ccc(C(F)(F)F)cc2)N1C(=O)Nc1ccc(F)cc1. The number of alkyl halides is 3. The lowest BCUT2D eigenvalue weighted by Crippen LogP contribution is -2.48. The van der Waals surface area contributed by atoms with Gasteiger partial charge in [0.2, 0.25) is 0 Å². The molecule has 3 aromatic rings. The number of amides is 2. The second kappa shape index (κ2) is 8.02. The molecule has 0 aliphatic carbocycles. The Kier molecular flexibility index (Phi) is 5.39. The summed E-state index contributed by atoms with van der Waals surface area (Å²) in [6, 6.07) is 12.5. The van der Waals surface area contributed by atoms with Crippen LogP contribution in [0, 0.1) is 5.82 Å². The fraction of sp³-hybridized carbons (Fsp3) is 0.217. The van der Waals surface area contributed by atoms with E-state index < -0.39 is 29.6 Å². The highest BCUT2D eigenvalue weighted by Crippen LogP contribution is 2.38. The van der Waals surface area contributed by atoms with Gasteiger partial charge in [-0.25, -0.2) is 9.18 Å². The average molecular weight is 429 g/mol. The maximum Gasteiger partial charge on any atom is 0.416 e. The Morgan fingerprint density at radius 3 is 2.39 bits per heavy atom. The molecule has 160 valence electrons. The minimum Gasteiger partial charge on any atom is -0.309 e. The van der Waals surface area contributed by atoms with Crippen LogP contribution in [0.15, 0.2) is 66.9 Å². The van der Waals surface area contributed by atoms with Crippen LogP contribution in [0.25, 0.3) is 0 Å². The molecule has 0 bridgehead atoms. The molecule has 1 aliphatic heterocycles. The molecule has 8 heteroatoms. The molecule has 31 heavy (non-hydrogen) atoms. The van der Waals surface area contributed by atoms with Crippen LogP contribution >= 0.6 is 0 Å². The molecule has 2 heterocycles. The zero-order valence-corrected chi connectivity index (χ0v) is 16.5. The number of carbonyl (C=O) groups is 1. The third-order valence-corrected chi connectivity index (χ3v) is 5.34. The molecule has 2 aromatic carbocycles. The minimum atomic E-state index is -4.45. The quantitative estimate of drug-likeness (QED) is 0.523. The molecule has 0 radical (unpaired) electrons. The van der Waals surface area contributed by atoms with Gasteiger partial charge in [-0.1, -0.05) is 18.2 Å². The zero-order valence-electron chi connectivity index (χ0n) is 16.5. The van der Waals surface area contributed by atoms with E-state index in [9.17, 15) is 22.4 Å². The predicted molar refractivity (Wildman–Crippen MR) is 108 cm³/mol. The summed E-state index contributed by atoms with van der Waals surface area (Å²) in [4.78, 5) is 19.2. The molecule has 4 rings (SSSR count). The van der Waals surface area contributed by atoms with Crippen LogP contribution in [0.4, 0.5) is 28.0 Å². The van der Waals surface area contributed by atoms with Gasteiger partial charge in [0.15, 0.2) is 0 Å². The summed E-state index contributed by atoms with van der Waals surface area (Å²) in [6.45, 7) is 1.87. The summed E-state index contributed by atoms with van der Waals surface area (Å²) in [6.07, 6.45) is -2.30. The summed E-state index contributed by atoms with van der Waals surface area (Å²) in [5, 5.41) is 2.75. The number of fused-ring (bicyclic) bond motifs is 1. The van der Waals surface area contributed by atoms with Crippen LogP contribution in [-0.4, -0.2) is 22.0 Å². The highest BCUT2D eigenvalue weighted by atomic mass is 19.4. The Labute approximate surface area is 176 Å². The van der Waals surface area contributed by atoms with Crippen LogP contribution in [0.2, 0.25) is 0 Å². The maximum atomic E-state index is 13.2. The average Bonchev–Trinajstić information content (AvgIpc) is 2.74. The summed E-state index contributed by atoms with van der Waals surface area (Å²) in [5.41, 5.74) is 1.73. The monoisotopic (exact) mass is 429 g/mol. The van der Waals surface area contributed by atoms with E-state index in [1.165, 1.54) is 36.4 Å². The van der Waals surface area contributed by atoms with E-state index in [0.717, 1.165) is 17.7 Å². The molecule has 0 saturated heterocycles. The topological polar surface area (TPSA) is 45.2 Å². The molecule has 1 N–H and O–H groups in total. The molecule has 2 unspecified atom stereocenters. The normalized spacial score (nSPS) is 18.4. The van der Waals surface area contributed by atoms with Crippen molar-refractivity contribution in [3.05, 3.63) is 95.1 Å². The molecule has 1 aliphatic rings. The first-order valence-electron chi connectivity index (χ1n) is 9.70. The summed E-state index contributed by atoms with van der Waals surface area (Å²) in [7, 11) is 0. The first-order chi connectivity index (χ1) is 14.7. The smallest absolute Gasteiger partial charge is 0.309 e. The van der Waals surface area contributed by atoms with Gasteiger partial charge in [0, 0.05) is 17.9 Å². The predicted octanol–water partition coefficient (Wildman–Crippen LogP) is 5.81. The largest absolute Gasteiger partial charge is 0.416 e. The van der Waals surface area contributed by atoms with Crippen molar-refractivity contribution in [1.82, 2.24) is 9.88 Å². The molecule has 2 atom stereocenters. The number of hydrogen-bond acceptors (Lipinski definition) is 2. The highest BCUT2D eigenvalue weighted by molar-refractivity contribution is 5.90. The number of aromatic nitrogens is 1. The number of hydrogen-bond donors (Lipinski definition) is 1. The summed E-state index contributed by atoms with van der Waals surface area (Å²) in [5.74, 6) is -0.426. The molecule has 1 aromatic heterocycles. The van der Waals surface area contributed by atoms with Gasteiger partial charge in [-0.15, -0.1) is 0 Å². The van der Waals surface area contributed by atoms with Crippen molar-refractivity contribution in [3.8, 4) is 0 Å². The minimum absolute atomic E-state index is 0.246. The summed E-state index contributed by atoms with van der Waals surface area (Å²) >= 11 is 0. The number of anilines is 1. The van der Waals surface area contributed by atoms with Crippen LogP contribution in [-0.2, 0) is 12.6 Å². The standard InChI is InChI=1S/C23H19F4N3O/c1-14-13-16-3-2-12-28-20(16)21(15-4-6-17(7-5-15)23(25,26)27)30(14)22(31)29-19-10-8-18(24)9-11-19/h2-12,14,21H,13H2,1H3,(H,29,31). The van der Waals surface area contributed by atoms with Gasteiger partial charge < -0.3 is 10.2 Å². The van der Waals surface area contributed by atoms with E-state index in [4.69, 9.17) is 0 Å². The van der Waals surface area contributed by atoms with Crippen molar-refractivity contribution in [1.29, 1.82) is 0 Å². The van der Waals surface area contributed by atoms with Gasteiger partial charge >= 0.3 is 12.2 Å². The Bertz CT molecular complexity index is 1080. The number of nitrogens with zero attached hydrogens (tertiary/aromatic N) is 2. The van der Waals surface area contributed by atoms with E-state index in [2.05, 4.69) is 10.3 Å². The molecule has 0 spiro atoms. The highest BCUT2D eigenvalue weighted by Gasteiger charge is 2.38. The Balaban J connectivity index is 1.73. The van der Waals surface area contributed by atoms with Crippen molar-refractivity contribution in [2.24, 2.45) is 0 Å². The van der Waals surface area contributed by atoms with Gasteiger partial charge in [-0.2, -0.15) is 13.2 Å². The Hall–Kier alpha value is -3.42. The van der Waals surface area contributed by atoms with Crippen molar-refractivity contribution >= 4 is 11.7 Å². The molecular weight excluding hydrogens is 410 g/mol. The first kappa shape index (κ1) is 20.8. The fourth-order valence-corrected chi connectivity index (χ4v) is 3.88. The first-order valence-corrected chi connectivity index (χ1v) is 9.70. The second-order valence-corrected chi connectivity index (χ2v) is 7.47. The van der Waals surface area contributed by atoms with Crippen LogP contribution in [0.1, 0.15) is 35.3 Å². The Morgan fingerprint density at radius 1 is 1.06 bits per heavy atom. The summed E-state index contributed by atoms with van der Waals surface area (Å²) < 4.78 is 52.3. The van der Waals surface area contributed by atoms with Crippen molar-refractivity contribution in [2.45, 2.75) is 31.6 Å². The molecule has 4 nitrogen and oxygen atoms in total. The van der Waals surface area contributed by atoms with E-state index in [1.54, 1.807) is 17.2 Å². The van der Waals surface area contributed by atoms with E-state index in [-0.39, 0.29) is 6.04 Å².